The number of anilines is 1. The number of sulfonamides is 1. The molecule has 0 fully saturated rings. The van der Waals surface area contributed by atoms with Crippen LogP contribution in [0.2, 0.25) is 0 Å². The fourth-order valence-electron chi connectivity index (χ4n) is 1.31. The van der Waals surface area contributed by atoms with E-state index in [2.05, 4.69) is 11.3 Å². The Morgan fingerprint density at radius 3 is 2.72 bits per heavy atom. The van der Waals surface area contributed by atoms with Crippen LogP contribution in [0.5, 0.6) is 5.75 Å². The van der Waals surface area contributed by atoms with Gasteiger partial charge in [-0.1, -0.05) is 12.2 Å². The molecule has 1 aromatic rings. The van der Waals surface area contributed by atoms with Crippen LogP contribution in [0.25, 0.3) is 0 Å². The van der Waals surface area contributed by atoms with Crippen molar-refractivity contribution in [3.05, 3.63) is 30.4 Å². The van der Waals surface area contributed by atoms with Crippen LogP contribution in [0.1, 0.15) is 13.8 Å². The molecule has 0 aliphatic heterocycles. The van der Waals surface area contributed by atoms with Gasteiger partial charge in [-0.05, 0) is 32.0 Å². The molecule has 18 heavy (non-hydrogen) atoms. The Morgan fingerprint density at radius 2 is 2.17 bits per heavy atom. The lowest BCUT2D eigenvalue weighted by Gasteiger charge is -2.12. The lowest BCUT2D eigenvalue weighted by Crippen LogP contribution is -2.25. The van der Waals surface area contributed by atoms with Gasteiger partial charge >= 0.3 is 0 Å². The number of rotatable bonds is 6. The summed E-state index contributed by atoms with van der Waals surface area (Å²) in [6, 6.07) is 4.53. The Kier molecular flexibility index (Phi) is 4.75. The van der Waals surface area contributed by atoms with E-state index in [0.29, 0.717) is 18.0 Å². The molecule has 5 nitrogen and oxygen atoms in total. The molecule has 0 saturated carbocycles. The van der Waals surface area contributed by atoms with Crippen molar-refractivity contribution >= 4 is 15.7 Å². The molecule has 1 aromatic carbocycles. The Labute approximate surface area is 108 Å². The van der Waals surface area contributed by atoms with Crippen LogP contribution in [-0.2, 0) is 10.0 Å². The van der Waals surface area contributed by atoms with Crippen molar-refractivity contribution in [3.8, 4) is 5.75 Å². The molecule has 0 aromatic heterocycles. The van der Waals surface area contributed by atoms with Crippen molar-refractivity contribution in [2.45, 2.75) is 18.7 Å². The van der Waals surface area contributed by atoms with Crippen LogP contribution in [0.4, 0.5) is 5.69 Å². The summed E-state index contributed by atoms with van der Waals surface area (Å²) in [7, 11) is -3.65. The lowest BCUT2D eigenvalue weighted by molar-refractivity contribution is 0.331. The van der Waals surface area contributed by atoms with E-state index in [-0.39, 0.29) is 11.4 Å². The minimum Gasteiger partial charge on any atom is -0.492 e. The van der Waals surface area contributed by atoms with Crippen molar-refractivity contribution in [2.75, 3.05) is 18.9 Å². The maximum Gasteiger partial charge on any atom is 0.244 e. The molecule has 100 valence electrons. The Bertz CT molecular complexity index is 538. The molecule has 0 unspecified atom stereocenters. The Hall–Kier alpha value is -1.53. The predicted octanol–water partition coefficient (Wildman–Crippen LogP) is 1.52. The largest absolute Gasteiger partial charge is 0.492 e. The summed E-state index contributed by atoms with van der Waals surface area (Å²) in [5.41, 5.74) is 6.70. The normalized spacial score (nSPS) is 11.2. The Morgan fingerprint density at radius 1 is 1.50 bits per heavy atom. The van der Waals surface area contributed by atoms with Crippen LogP contribution < -0.4 is 15.2 Å². The average Bonchev–Trinajstić information content (AvgIpc) is 2.29. The minimum absolute atomic E-state index is 0.0469. The van der Waals surface area contributed by atoms with Crippen LogP contribution in [0, 0.1) is 0 Å². The lowest BCUT2D eigenvalue weighted by atomic mass is 10.3. The summed E-state index contributed by atoms with van der Waals surface area (Å²) in [6.07, 6.45) is 0. The number of benzene rings is 1. The molecule has 0 bridgehead atoms. The molecular weight excluding hydrogens is 252 g/mol. The third-order valence-corrected chi connectivity index (χ3v) is 3.54. The summed E-state index contributed by atoms with van der Waals surface area (Å²) in [4.78, 5) is 0.0469. The van der Waals surface area contributed by atoms with Crippen LogP contribution in [-0.4, -0.2) is 21.6 Å². The zero-order valence-corrected chi connectivity index (χ0v) is 11.4. The van der Waals surface area contributed by atoms with Gasteiger partial charge in [0.1, 0.15) is 10.6 Å². The monoisotopic (exact) mass is 270 g/mol. The second-order valence-corrected chi connectivity index (χ2v) is 5.66. The second kappa shape index (κ2) is 5.88. The third-order valence-electron chi connectivity index (χ3n) is 2.12. The maximum absolute atomic E-state index is 12.1. The number of nitrogens with two attached hydrogens (primary N) is 1. The molecule has 0 heterocycles. The summed E-state index contributed by atoms with van der Waals surface area (Å²) >= 11 is 0. The summed E-state index contributed by atoms with van der Waals surface area (Å²) < 4.78 is 31.9. The highest BCUT2D eigenvalue weighted by Gasteiger charge is 2.19. The van der Waals surface area contributed by atoms with Gasteiger partial charge in [-0.3, -0.25) is 0 Å². The van der Waals surface area contributed by atoms with Crippen molar-refractivity contribution in [1.29, 1.82) is 0 Å². The van der Waals surface area contributed by atoms with Crippen molar-refractivity contribution < 1.29 is 13.2 Å². The first-order valence-corrected chi connectivity index (χ1v) is 7.01. The van der Waals surface area contributed by atoms with E-state index in [1.807, 2.05) is 0 Å². The third kappa shape index (κ3) is 3.75. The number of ether oxygens (including phenoxy) is 1. The zero-order chi connectivity index (χ0) is 13.8. The van der Waals surface area contributed by atoms with Gasteiger partial charge in [0.25, 0.3) is 0 Å². The number of hydrogen-bond acceptors (Lipinski definition) is 4. The zero-order valence-electron chi connectivity index (χ0n) is 10.6. The standard InChI is InChI=1S/C12H18N2O3S/c1-4-17-11-6-5-10(13)7-12(11)18(15,16)14-8-9(2)3/h5-7,14H,2,4,8,13H2,1,3H3. The average molecular weight is 270 g/mol. The first kappa shape index (κ1) is 14.5. The SMILES string of the molecule is C=C(C)CNS(=O)(=O)c1cc(N)ccc1OCC. The molecule has 6 heteroatoms. The van der Waals surface area contributed by atoms with Crippen LogP contribution >= 0.6 is 0 Å². The maximum atomic E-state index is 12.1. The van der Waals surface area contributed by atoms with Gasteiger partial charge in [0.2, 0.25) is 10.0 Å². The highest BCUT2D eigenvalue weighted by molar-refractivity contribution is 7.89. The topological polar surface area (TPSA) is 81.4 Å². The summed E-state index contributed by atoms with van der Waals surface area (Å²) in [5, 5.41) is 0. The molecule has 0 saturated heterocycles. The van der Waals surface area contributed by atoms with Gasteiger partial charge in [0.15, 0.2) is 0 Å². The van der Waals surface area contributed by atoms with Crippen LogP contribution in [0.3, 0.4) is 0 Å². The van der Waals surface area contributed by atoms with Gasteiger partial charge < -0.3 is 10.5 Å². The van der Waals surface area contributed by atoms with Gasteiger partial charge in [0, 0.05) is 12.2 Å². The number of nitrogen functional groups attached to an aromatic ring is 1. The van der Waals surface area contributed by atoms with Crippen molar-refractivity contribution in [3.63, 3.8) is 0 Å². The van der Waals surface area contributed by atoms with E-state index in [1.165, 1.54) is 6.07 Å². The number of nitrogens with one attached hydrogen (secondary N) is 1. The van der Waals surface area contributed by atoms with E-state index in [1.54, 1.807) is 26.0 Å². The minimum atomic E-state index is -3.65. The number of hydrogen-bond donors (Lipinski definition) is 2. The first-order valence-electron chi connectivity index (χ1n) is 5.53. The first-order chi connectivity index (χ1) is 8.36. The molecule has 0 amide bonds. The van der Waals surface area contributed by atoms with Gasteiger partial charge in [0.05, 0.1) is 6.61 Å². The second-order valence-electron chi connectivity index (χ2n) is 3.92. The Balaban J connectivity index is 3.13. The van der Waals surface area contributed by atoms with Crippen molar-refractivity contribution in [2.24, 2.45) is 0 Å². The summed E-state index contributed by atoms with van der Waals surface area (Å²) in [6.45, 7) is 7.74. The fourth-order valence-corrected chi connectivity index (χ4v) is 2.58. The molecule has 0 spiro atoms. The predicted molar refractivity (Wildman–Crippen MR) is 72.0 cm³/mol. The van der Waals surface area contributed by atoms with Gasteiger partial charge in [-0.15, -0.1) is 0 Å². The van der Waals surface area contributed by atoms with Crippen molar-refractivity contribution in [1.82, 2.24) is 4.72 Å². The molecular formula is C12H18N2O3S. The molecule has 0 aliphatic carbocycles. The van der Waals surface area contributed by atoms with Gasteiger partial charge in [-0.25, -0.2) is 13.1 Å². The molecule has 0 radical (unpaired) electrons. The van der Waals surface area contributed by atoms with Crippen LogP contribution in [0.15, 0.2) is 35.2 Å². The van der Waals surface area contributed by atoms with E-state index in [0.717, 1.165) is 5.57 Å². The van der Waals surface area contributed by atoms with E-state index in [4.69, 9.17) is 10.5 Å². The highest BCUT2D eigenvalue weighted by atomic mass is 32.2. The quantitative estimate of drug-likeness (QED) is 0.606. The smallest absolute Gasteiger partial charge is 0.244 e. The molecule has 1 rings (SSSR count). The van der Waals surface area contributed by atoms with Gasteiger partial charge in [-0.2, -0.15) is 0 Å². The molecule has 0 atom stereocenters. The van der Waals surface area contributed by atoms with E-state index in [9.17, 15) is 8.42 Å². The highest BCUT2D eigenvalue weighted by Crippen LogP contribution is 2.26. The molecule has 0 aliphatic rings. The fraction of sp³-hybridized carbons (Fsp3) is 0.333. The molecule has 3 N–H and O–H groups in total. The summed E-state index contributed by atoms with van der Waals surface area (Å²) in [5.74, 6) is 0.293. The van der Waals surface area contributed by atoms with E-state index < -0.39 is 10.0 Å². The van der Waals surface area contributed by atoms with E-state index >= 15 is 0 Å².